The molecule has 0 saturated carbocycles. The van der Waals surface area contributed by atoms with Crippen LogP contribution in [0, 0.1) is 5.92 Å². The maximum Gasteiger partial charge on any atom is 0.389 e. The van der Waals surface area contributed by atoms with Crippen LogP contribution in [0.2, 0.25) is 5.15 Å². The fourth-order valence-corrected chi connectivity index (χ4v) is 2.79. The Morgan fingerprint density at radius 3 is 2.67 bits per heavy atom. The van der Waals surface area contributed by atoms with Gasteiger partial charge in [0.15, 0.2) is 11.0 Å². The number of carbonyl (C=O) groups excluding carboxylic acids is 1. The molecule has 0 bridgehead atoms. The van der Waals surface area contributed by atoms with Gasteiger partial charge in [-0.2, -0.15) is 13.2 Å². The molecule has 2 heterocycles. The van der Waals surface area contributed by atoms with E-state index in [-0.39, 0.29) is 29.2 Å². The molecule has 0 aromatic carbocycles. The quantitative estimate of drug-likeness (QED) is 0.748. The smallest absolute Gasteiger partial charge is 0.389 e. The number of hydrogen-bond acceptors (Lipinski definition) is 5. The first kappa shape index (κ1) is 18.8. The molecule has 0 amide bonds. The van der Waals surface area contributed by atoms with Crippen molar-refractivity contribution in [1.29, 1.82) is 0 Å². The molecule has 1 fully saturated rings. The Labute approximate surface area is 143 Å². The van der Waals surface area contributed by atoms with E-state index >= 15 is 0 Å². The highest BCUT2D eigenvalue weighted by Gasteiger charge is 2.29. The summed E-state index contributed by atoms with van der Waals surface area (Å²) in [5.41, 5.74) is 0.249. The van der Waals surface area contributed by atoms with E-state index in [1.54, 1.807) is 6.92 Å². The average Bonchev–Trinajstić information content (AvgIpc) is 2.54. The van der Waals surface area contributed by atoms with Crippen LogP contribution in [0.15, 0.2) is 6.20 Å². The van der Waals surface area contributed by atoms with Crippen LogP contribution in [-0.4, -0.2) is 41.8 Å². The predicted octanol–water partition coefficient (Wildman–Crippen LogP) is 3.40. The minimum atomic E-state index is -4.24. The van der Waals surface area contributed by atoms with Crippen LogP contribution in [0.4, 0.5) is 19.0 Å². The Morgan fingerprint density at radius 1 is 1.42 bits per heavy atom. The second kappa shape index (κ2) is 8.00. The van der Waals surface area contributed by atoms with Gasteiger partial charge in [0.2, 0.25) is 0 Å². The number of esters is 1. The minimum Gasteiger partial charge on any atom is -0.466 e. The minimum absolute atomic E-state index is 0.153. The number of rotatable bonds is 5. The maximum absolute atomic E-state index is 12.3. The van der Waals surface area contributed by atoms with E-state index < -0.39 is 12.6 Å². The lowest BCUT2D eigenvalue weighted by Crippen LogP contribution is -2.37. The topological polar surface area (TPSA) is 55.3 Å². The first-order valence-electron chi connectivity index (χ1n) is 7.80. The number of anilines is 1. The van der Waals surface area contributed by atoms with Crippen LogP contribution in [0.1, 0.15) is 31.9 Å². The summed E-state index contributed by atoms with van der Waals surface area (Å²) in [7, 11) is 0. The molecule has 9 heteroatoms. The first-order valence-corrected chi connectivity index (χ1v) is 8.17. The van der Waals surface area contributed by atoms with Gasteiger partial charge in [-0.25, -0.2) is 9.97 Å². The van der Waals surface area contributed by atoms with Gasteiger partial charge in [-0.15, -0.1) is 0 Å². The van der Waals surface area contributed by atoms with Gasteiger partial charge in [-0.3, -0.25) is 4.79 Å². The monoisotopic (exact) mass is 365 g/mol. The third kappa shape index (κ3) is 5.22. The van der Waals surface area contributed by atoms with E-state index in [0.29, 0.717) is 38.4 Å². The van der Waals surface area contributed by atoms with Crippen molar-refractivity contribution in [2.24, 2.45) is 5.92 Å². The molecule has 0 atom stereocenters. The van der Waals surface area contributed by atoms with Crippen molar-refractivity contribution < 1.29 is 22.7 Å². The van der Waals surface area contributed by atoms with Gasteiger partial charge in [0.1, 0.15) is 0 Å². The standard InChI is InChI=1S/C15H19ClF3N3O2/c1-2-24-14(23)10-4-7-22(8-5-10)13-12(16)20-9-11(21-13)3-6-15(17,18)19/h9-10H,2-8H2,1H3. The zero-order valence-corrected chi connectivity index (χ0v) is 14.0. The predicted molar refractivity (Wildman–Crippen MR) is 83.0 cm³/mol. The van der Waals surface area contributed by atoms with E-state index in [1.807, 2.05) is 4.90 Å². The number of ether oxygens (including phenoxy) is 1. The second-order valence-corrected chi connectivity index (χ2v) is 5.96. The summed E-state index contributed by atoms with van der Waals surface area (Å²) in [5.74, 6) is -0.00624. The number of piperidine rings is 1. The van der Waals surface area contributed by atoms with Gasteiger partial charge in [0.05, 0.1) is 24.4 Å². The molecule has 0 unspecified atom stereocenters. The lowest BCUT2D eigenvalue weighted by atomic mass is 9.97. The Balaban J connectivity index is 2.00. The summed E-state index contributed by atoms with van der Waals surface area (Å²) in [6.07, 6.45) is -2.98. The van der Waals surface area contributed by atoms with E-state index in [2.05, 4.69) is 9.97 Å². The van der Waals surface area contributed by atoms with Crippen LogP contribution >= 0.6 is 11.6 Å². The summed E-state index contributed by atoms with van der Waals surface area (Å²) < 4.78 is 42.0. The van der Waals surface area contributed by atoms with Crippen LogP contribution in [0.25, 0.3) is 0 Å². The highest BCUT2D eigenvalue weighted by atomic mass is 35.5. The molecule has 1 aliphatic rings. The van der Waals surface area contributed by atoms with E-state index in [0.717, 1.165) is 0 Å². The van der Waals surface area contributed by atoms with Crippen molar-refractivity contribution in [2.45, 2.75) is 38.8 Å². The van der Waals surface area contributed by atoms with Crippen molar-refractivity contribution in [2.75, 3.05) is 24.6 Å². The average molecular weight is 366 g/mol. The summed E-state index contributed by atoms with van der Waals surface area (Å²) >= 11 is 6.04. The molecule has 1 aliphatic heterocycles. The molecule has 2 rings (SSSR count). The second-order valence-electron chi connectivity index (χ2n) is 5.60. The Morgan fingerprint density at radius 2 is 2.08 bits per heavy atom. The molecule has 0 aliphatic carbocycles. The lowest BCUT2D eigenvalue weighted by Gasteiger charge is -2.32. The van der Waals surface area contributed by atoms with Crippen molar-refractivity contribution in [3.8, 4) is 0 Å². The zero-order chi connectivity index (χ0) is 17.7. The number of hydrogen-bond donors (Lipinski definition) is 0. The fraction of sp³-hybridized carbons (Fsp3) is 0.667. The molecule has 1 saturated heterocycles. The van der Waals surface area contributed by atoms with Gasteiger partial charge in [-0.1, -0.05) is 11.6 Å². The molecular weight excluding hydrogens is 347 g/mol. The SMILES string of the molecule is CCOC(=O)C1CCN(c2nc(CCC(F)(F)F)cnc2Cl)CC1. The number of carbonyl (C=O) groups is 1. The third-order valence-electron chi connectivity index (χ3n) is 3.84. The maximum atomic E-state index is 12.3. The van der Waals surface area contributed by atoms with Gasteiger partial charge in [0, 0.05) is 19.5 Å². The summed E-state index contributed by atoms with van der Waals surface area (Å²) in [6, 6.07) is 0. The fourth-order valence-electron chi connectivity index (χ4n) is 2.58. The summed E-state index contributed by atoms with van der Waals surface area (Å²) in [4.78, 5) is 21.8. The highest BCUT2D eigenvalue weighted by Crippen LogP contribution is 2.28. The molecule has 1 aromatic rings. The van der Waals surface area contributed by atoms with Crippen molar-refractivity contribution in [1.82, 2.24) is 9.97 Å². The summed E-state index contributed by atoms with van der Waals surface area (Å²) in [5, 5.41) is 0.153. The normalized spacial score (nSPS) is 16.3. The van der Waals surface area contributed by atoms with Crippen molar-refractivity contribution in [3.63, 3.8) is 0 Å². The van der Waals surface area contributed by atoms with Crippen LogP contribution in [0.3, 0.4) is 0 Å². The number of nitrogens with zero attached hydrogens (tertiary/aromatic N) is 3. The van der Waals surface area contributed by atoms with Gasteiger partial charge in [0.25, 0.3) is 0 Å². The van der Waals surface area contributed by atoms with E-state index in [1.165, 1.54) is 6.20 Å². The van der Waals surface area contributed by atoms with Gasteiger partial charge < -0.3 is 9.64 Å². The van der Waals surface area contributed by atoms with Crippen molar-refractivity contribution in [3.05, 3.63) is 17.0 Å². The molecule has 0 radical (unpaired) electrons. The number of halogens is 4. The Hall–Kier alpha value is -1.57. The molecule has 1 aromatic heterocycles. The molecule has 24 heavy (non-hydrogen) atoms. The van der Waals surface area contributed by atoms with Gasteiger partial charge >= 0.3 is 12.1 Å². The number of aromatic nitrogens is 2. The number of aryl methyl sites for hydroxylation is 1. The molecule has 0 N–H and O–H groups in total. The van der Waals surface area contributed by atoms with Crippen molar-refractivity contribution >= 4 is 23.4 Å². The third-order valence-corrected chi connectivity index (χ3v) is 4.11. The lowest BCUT2D eigenvalue weighted by molar-refractivity contribution is -0.148. The van der Waals surface area contributed by atoms with Gasteiger partial charge in [-0.05, 0) is 26.2 Å². The van der Waals surface area contributed by atoms with Crippen LogP contribution < -0.4 is 4.90 Å². The largest absolute Gasteiger partial charge is 0.466 e. The van der Waals surface area contributed by atoms with Crippen LogP contribution in [-0.2, 0) is 16.0 Å². The highest BCUT2D eigenvalue weighted by molar-refractivity contribution is 6.31. The molecule has 5 nitrogen and oxygen atoms in total. The van der Waals surface area contributed by atoms with E-state index in [4.69, 9.17) is 16.3 Å². The summed E-state index contributed by atoms with van der Waals surface area (Å²) in [6.45, 7) is 3.16. The van der Waals surface area contributed by atoms with E-state index in [9.17, 15) is 18.0 Å². The number of alkyl halides is 3. The Bertz CT molecular complexity index is 576. The molecular formula is C15H19ClF3N3O2. The first-order chi connectivity index (χ1) is 11.3. The Kier molecular flexibility index (Phi) is 6.26. The molecule has 0 spiro atoms. The zero-order valence-electron chi connectivity index (χ0n) is 13.3. The van der Waals surface area contributed by atoms with Crippen LogP contribution in [0.5, 0.6) is 0 Å². The molecule has 134 valence electrons.